The van der Waals surface area contributed by atoms with Gasteiger partial charge in [-0.15, -0.1) is 0 Å². The molecule has 0 aromatic heterocycles. The third-order valence-corrected chi connectivity index (χ3v) is 7.45. The maximum absolute atomic E-state index is 12.4. The Kier molecular flexibility index (Phi) is 5.88. The molecule has 5 rings (SSSR count). The molecule has 0 N–H and O–H groups in total. The predicted molar refractivity (Wildman–Crippen MR) is 128 cm³/mol. The molecule has 170 valence electrons. The molecule has 0 radical (unpaired) electrons. The van der Waals surface area contributed by atoms with Crippen LogP contribution in [0.5, 0.6) is 11.5 Å². The van der Waals surface area contributed by atoms with E-state index in [1.807, 2.05) is 0 Å². The Morgan fingerprint density at radius 1 is 1.03 bits per heavy atom. The van der Waals surface area contributed by atoms with E-state index in [4.69, 9.17) is 9.47 Å². The summed E-state index contributed by atoms with van der Waals surface area (Å²) in [7, 11) is 0. The first-order chi connectivity index (χ1) is 15.5. The van der Waals surface area contributed by atoms with Gasteiger partial charge in [0.25, 0.3) is 0 Å². The summed E-state index contributed by atoms with van der Waals surface area (Å²) in [6.45, 7) is 7.00. The third-order valence-electron chi connectivity index (χ3n) is 7.45. The number of carbonyl (C=O) groups excluding carboxylic acids is 1. The second-order valence-corrected chi connectivity index (χ2v) is 10.4. The van der Waals surface area contributed by atoms with Crippen LogP contribution >= 0.6 is 0 Å². The topological polar surface area (TPSA) is 38.8 Å². The summed E-state index contributed by atoms with van der Waals surface area (Å²) >= 11 is 0. The van der Waals surface area contributed by atoms with Crippen molar-refractivity contribution in [3.8, 4) is 11.5 Å². The van der Waals surface area contributed by atoms with E-state index in [0.29, 0.717) is 12.2 Å². The molecule has 4 heteroatoms. The van der Waals surface area contributed by atoms with Crippen molar-refractivity contribution >= 4 is 11.5 Å². The lowest BCUT2D eigenvalue weighted by Gasteiger charge is -2.20. The Labute approximate surface area is 191 Å². The maximum Gasteiger partial charge on any atom is 0.139 e. The van der Waals surface area contributed by atoms with E-state index < -0.39 is 0 Å². The van der Waals surface area contributed by atoms with Crippen molar-refractivity contribution in [2.24, 2.45) is 11.3 Å². The zero-order chi connectivity index (χ0) is 22.1. The minimum Gasteiger partial charge on any atom is -0.493 e. The molecular weight excluding hydrogens is 398 g/mol. The van der Waals surface area contributed by atoms with Gasteiger partial charge in [-0.05, 0) is 79.5 Å². The first-order valence-corrected chi connectivity index (χ1v) is 12.3. The van der Waals surface area contributed by atoms with Crippen LogP contribution in [0.4, 0.5) is 5.69 Å². The van der Waals surface area contributed by atoms with Crippen LogP contribution in [0.2, 0.25) is 0 Å². The lowest BCUT2D eigenvalue weighted by Crippen LogP contribution is -2.24. The van der Waals surface area contributed by atoms with Crippen molar-refractivity contribution in [3.63, 3.8) is 0 Å². The van der Waals surface area contributed by atoms with Crippen molar-refractivity contribution in [2.45, 2.75) is 64.4 Å². The van der Waals surface area contributed by atoms with Gasteiger partial charge in [0.15, 0.2) is 0 Å². The van der Waals surface area contributed by atoms with Gasteiger partial charge in [0, 0.05) is 30.5 Å². The number of ether oxygens (including phenoxy) is 2. The molecule has 1 saturated heterocycles. The molecule has 0 spiro atoms. The molecule has 2 aromatic carbocycles. The molecular formula is C28H35NO3. The zero-order valence-corrected chi connectivity index (χ0v) is 19.4. The van der Waals surface area contributed by atoms with Crippen molar-refractivity contribution in [1.29, 1.82) is 0 Å². The van der Waals surface area contributed by atoms with E-state index in [1.165, 1.54) is 24.1 Å². The molecule has 1 aliphatic heterocycles. The second-order valence-electron chi connectivity index (χ2n) is 10.4. The van der Waals surface area contributed by atoms with E-state index in [1.54, 1.807) is 0 Å². The van der Waals surface area contributed by atoms with Gasteiger partial charge in [0.05, 0.1) is 13.2 Å². The fourth-order valence-corrected chi connectivity index (χ4v) is 4.49. The van der Waals surface area contributed by atoms with E-state index in [9.17, 15) is 4.79 Å². The molecule has 0 unspecified atom stereocenters. The summed E-state index contributed by atoms with van der Waals surface area (Å²) in [5.41, 5.74) is 2.41. The van der Waals surface area contributed by atoms with Gasteiger partial charge >= 0.3 is 0 Å². The van der Waals surface area contributed by atoms with E-state index in [2.05, 4.69) is 67.3 Å². The highest BCUT2D eigenvalue weighted by atomic mass is 16.5. The molecule has 3 aliphatic rings. The molecule has 32 heavy (non-hydrogen) atoms. The van der Waals surface area contributed by atoms with E-state index in [0.717, 1.165) is 56.4 Å². The number of Topliss-reactive ketones (excluding diaryl/α,β-unsaturated/α-hetero) is 1. The van der Waals surface area contributed by atoms with Gasteiger partial charge in [-0.25, -0.2) is 0 Å². The fraction of sp³-hybridized carbons (Fsp3) is 0.536. The smallest absolute Gasteiger partial charge is 0.139 e. The van der Waals surface area contributed by atoms with Crippen LogP contribution in [-0.2, 0) is 4.79 Å². The zero-order valence-electron chi connectivity index (χ0n) is 19.4. The predicted octanol–water partition coefficient (Wildman–Crippen LogP) is 6.00. The molecule has 0 amide bonds. The monoisotopic (exact) mass is 433 g/mol. The van der Waals surface area contributed by atoms with Gasteiger partial charge in [-0.1, -0.05) is 26.0 Å². The van der Waals surface area contributed by atoms with Crippen molar-refractivity contribution < 1.29 is 14.3 Å². The highest BCUT2D eigenvalue weighted by molar-refractivity contribution is 5.87. The normalized spacial score (nSPS) is 22.4. The van der Waals surface area contributed by atoms with E-state index >= 15 is 0 Å². The van der Waals surface area contributed by atoms with Crippen LogP contribution in [0.15, 0.2) is 48.5 Å². The third kappa shape index (κ3) is 5.11. The molecule has 0 bridgehead atoms. The van der Waals surface area contributed by atoms with Crippen LogP contribution in [0.3, 0.4) is 0 Å². The van der Waals surface area contributed by atoms with Crippen LogP contribution < -0.4 is 14.4 Å². The minimum atomic E-state index is -0.0321. The number of rotatable bonds is 10. The highest BCUT2D eigenvalue weighted by Gasteiger charge is 2.44. The number of hydrogen-bond donors (Lipinski definition) is 0. The van der Waals surface area contributed by atoms with Crippen LogP contribution in [-0.4, -0.2) is 31.6 Å². The summed E-state index contributed by atoms with van der Waals surface area (Å²) < 4.78 is 12.1. The maximum atomic E-state index is 12.4. The Balaban J connectivity index is 1.10. The van der Waals surface area contributed by atoms with Gasteiger partial charge in [-0.3, -0.25) is 4.79 Å². The molecule has 4 nitrogen and oxygen atoms in total. The Bertz CT molecular complexity index is 928. The van der Waals surface area contributed by atoms with Crippen molar-refractivity contribution in [1.82, 2.24) is 0 Å². The lowest BCUT2D eigenvalue weighted by atomic mass is 9.90. The molecule has 2 aromatic rings. The lowest BCUT2D eigenvalue weighted by molar-refractivity contribution is -0.123. The second kappa shape index (κ2) is 8.80. The number of benzene rings is 2. The number of nitrogens with zero attached hydrogens (tertiary/aromatic N) is 1. The molecule has 2 saturated carbocycles. The summed E-state index contributed by atoms with van der Waals surface area (Å²) in [5, 5.41) is 0. The molecule has 2 aliphatic carbocycles. The standard InChI is InChI=1S/C28H35NO3/c1-20(17-27(30)28(2)14-15-28)22-5-9-25(10-6-22)32-26-13-16-29(18-26)23-7-11-24(12-8-23)31-19-21-3-4-21/h5-12,20-21,26H,3-4,13-19H2,1-2H3/t20-,26-/m1/s1. The Hall–Kier alpha value is -2.49. The molecule has 1 heterocycles. The average Bonchev–Trinajstić information content (AvgIpc) is 3.73. The van der Waals surface area contributed by atoms with Crippen LogP contribution in [0.1, 0.15) is 63.9 Å². The first-order valence-electron chi connectivity index (χ1n) is 12.3. The van der Waals surface area contributed by atoms with Crippen molar-refractivity contribution in [2.75, 3.05) is 24.6 Å². The van der Waals surface area contributed by atoms with Gasteiger partial charge < -0.3 is 14.4 Å². The van der Waals surface area contributed by atoms with Gasteiger partial charge in [-0.2, -0.15) is 0 Å². The summed E-state index contributed by atoms with van der Waals surface area (Å²) in [4.78, 5) is 14.8. The number of ketones is 1. The summed E-state index contributed by atoms with van der Waals surface area (Å²) in [6, 6.07) is 16.8. The number of anilines is 1. The van der Waals surface area contributed by atoms with Crippen LogP contribution in [0, 0.1) is 11.3 Å². The van der Waals surface area contributed by atoms with Crippen LogP contribution in [0.25, 0.3) is 0 Å². The fourth-order valence-electron chi connectivity index (χ4n) is 4.49. The highest BCUT2D eigenvalue weighted by Crippen LogP contribution is 2.47. The summed E-state index contributed by atoms with van der Waals surface area (Å²) in [6.07, 6.45) is 6.59. The largest absolute Gasteiger partial charge is 0.493 e. The average molecular weight is 434 g/mol. The van der Waals surface area contributed by atoms with Crippen molar-refractivity contribution in [3.05, 3.63) is 54.1 Å². The van der Waals surface area contributed by atoms with E-state index in [-0.39, 0.29) is 17.4 Å². The number of carbonyl (C=O) groups is 1. The minimum absolute atomic E-state index is 0.0321. The SMILES string of the molecule is C[C@H](CC(=O)C1(C)CC1)c1ccc(O[C@@H]2CCN(c3ccc(OCC4CC4)cc3)C2)cc1. The quantitative estimate of drug-likeness (QED) is 0.461. The van der Waals surface area contributed by atoms with Gasteiger partial charge in [0.2, 0.25) is 0 Å². The molecule has 2 atom stereocenters. The Morgan fingerprint density at radius 3 is 2.38 bits per heavy atom. The molecule has 3 fully saturated rings. The number of hydrogen-bond acceptors (Lipinski definition) is 4. The van der Waals surface area contributed by atoms with Gasteiger partial charge in [0.1, 0.15) is 23.4 Å². The summed E-state index contributed by atoms with van der Waals surface area (Å²) in [5.74, 6) is 3.33. The Morgan fingerprint density at radius 2 is 1.72 bits per heavy atom. The first kappa shape index (κ1) is 21.4.